The van der Waals surface area contributed by atoms with E-state index in [0.717, 1.165) is 32.5 Å². The molecule has 2 heterocycles. The number of nitrogens with zero attached hydrogens (tertiary/aromatic N) is 2. The molecule has 1 amide bonds. The zero-order valence-electron chi connectivity index (χ0n) is 15.2. The highest BCUT2D eigenvalue weighted by Gasteiger charge is 2.40. The van der Waals surface area contributed by atoms with Crippen molar-refractivity contribution >= 4 is 43.1 Å². The van der Waals surface area contributed by atoms with E-state index in [1.807, 2.05) is 0 Å². The molecule has 2 rings (SSSR count). The number of carbonyl (C=O) groups is 1. The number of nitrogens with two attached hydrogens (primary N) is 1. The minimum atomic E-state index is -0.797. The summed E-state index contributed by atoms with van der Waals surface area (Å²) in [5, 5.41) is 3.12. The van der Waals surface area contributed by atoms with Gasteiger partial charge in [-0.05, 0) is 72.8 Å². The Kier molecular flexibility index (Phi) is 12.2. The van der Waals surface area contributed by atoms with Crippen LogP contribution in [0.5, 0.6) is 0 Å². The summed E-state index contributed by atoms with van der Waals surface area (Å²) >= 11 is 0. The third-order valence-corrected chi connectivity index (χ3v) is 5.11. The number of hydrogen-bond acceptors (Lipinski definition) is 4. The minimum absolute atomic E-state index is 0. The van der Waals surface area contributed by atoms with Crippen LogP contribution in [-0.2, 0) is 4.79 Å². The van der Waals surface area contributed by atoms with Crippen LogP contribution < -0.4 is 11.1 Å². The average Bonchev–Trinajstić information content (AvgIpc) is 2.47. The van der Waals surface area contributed by atoms with Crippen molar-refractivity contribution in [1.29, 1.82) is 0 Å². The minimum Gasteiger partial charge on any atom is -0.353 e. The number of carbonyl (C=O) groups excluding carboxylic acids is 1. The fraction of sp³-hybridized carbons (Fsp3) is 0.938. The summed E-state index contributed by atoms with van der Waals surface area (Å²) in [6, 6.07) is 0. The van der Waals surface area contributed by atoms with E-state index in [1.54, 1.807) is 13.8 Å². The molecule has 0 radical (unpaired) electrons. The van der Waals surface area contributed by atoms with E-state index in [2.05, 4.69) is 22.2 Å². The van der Waals surface area contributed by atoms with Crippen molar-refractivity contribution in [2.24, 2.45) is 5.73 Å². The molecule has 0 spiro atoms. The largest absolute Gasteiger partial charge is 0.353 e. The van der Waals surface area contributed by atoms with Gasteiger partial charge in [-0.3, -0.25) is 9.69 Å². The first-order valence-corrected chi connectivity index (χ1v) is 8.34. The molecule has 2 fully saturated rings. The Labute approximate surface area is 165 Å². The molecule has 0 aliphatic carbocycles. The number of likely N-dealkylation sites (tertiary alicyclic amines) is 2. The lowest BCUT2D eigenvalue weighted by atomic mass is 9.84. The van der Waals surface area contributed by atoms with E-state index in [1.165, 1.54) is 32.4 Å². The van der Waals surface area contributed by atoms with E-state index < -0.39 is 5.54 Å². The van der Waals surface area contributed by atoms with E-state index in [0.29, 0.717) is 0 Å². The van der Waals surface area contributed by atoms with Crippen LogP contribution in [0.1, 0.15) is 46.0 Å². The number of hydrogen-bond donors (Lipinski definition) is 2. The van der Waals surface area contributed by atoms with Gasteiger partial charge in [-0.25, -0.2) is 0 Å². The molecule has 0 aromatic carbocycles. The van der Waals surface area contributed by atoms with Gasteiger partial charge >= 0.3 is 0 Å². The van der Waals surface area contributed by atoms with Crippen molar-refractivity contribution in [2.75, 3.05) is 39.8 Å². The van der Waals surface area contributed by atoms with Crippen LogP contribution in [0.25, 0.3) is 0 Å². The third kappa shape index (κ3) is 6.85. The normalized spacial score (nSPS) is 21.7. The quantitative estimate of drug-likeness (QED) is 0.751. The second-order valence-electron chi connectivity index (χ2n) is 7.48. The molecule has 24 heavy (non-hydrogen) atoms. The lowest BCUT2D eigenvalue weighted by Gasteiger charge is -2.50. The molecule has 0 saturated carbocycles. The van der Waals surface area contributed by atoms with Gasteiger partial charge < -0.3 is 16.0 Å². The number of piperidine rings is 2. The van der Waals surface area contributed by atoms with Gasteiger partial charge in [0.05, 0.1) is 5.54 Å². The second-order valence-corrected chi connectivity index (χ2v) is 7.48. The molecule has 0 bridgehead atoms. The highest BCUT2D eigenvalue weighted by molar-refractivity contribution is 5.86. The first-order chi connectivity index (χ1) is 9.83. The maximum Gasteiger partial charge on any atom is 0.239 e. The SMILES string of the molecule is CN1CCC(CNC(=O)C(C)(C)N)(N2CCCCC2)CC1.Cl.Cl.Cl. The Morgan fingerprint density at radius 2 is 1.54 bits per heavy atom. The number of rotatable bonds is 4. The summed E-state index contributed by atoms with van der Waals surface area (Å²) in [5.74, 6) is -0.0437. The van der Waals surface area contributed by atoms with Crippen molar-refractivity contribution in [3.8, 4) is 0 Å². The maximum absolute atomic E-state index is 12.1. The van der Waals surface area contributed by atoms with Gasteiger partial charge in [-0.15, -0.1) is 37.2 Å². The molecule has 5 nitrogen and oxygen atoms in total. The Morgan fingerprint density at radius 1 is 1.04 bits per heavy atom. The molecule has 3 N–H and O–H groups in total. The summed E-state index contributed by atoms with van der Waals surface area (Å²) in [5.41, 5.74) is 5.24. The zero-order valence-corrected chi connectivity index (χ0v) is 17.6. The molecule has 0 aromatic rings. The predicted octanol–water partition coefficient (Wildman–Crippen LogP) is 2.06. The van der Waals surface area contributed by atoms with Gasteiger partial charge in [0.1, 0.15) is 0 Å². The van der Waals surface area contributed by atoms with Gasteiger partial charge in [-0.2, -0.15) is 0 Å². The van der Waals surface area contributed by atoms with E-state index in [4.69, 9.17) is 5.73 Å². The molecule has 2 saturated heterocycles. The first-order valence-electron chi connectivity index (χ1n) is 8.34. The lowest BCUT2D eigenvalue weighted by Crippen LogP contribution is -2.63. The van der Waals surface area contributed by atoms with Crippen molar-refractivity contribution in [3.05, 3.63) is 0 Å². The van der Waals surface area contributed by atoms with Crippen LogP contribution >= 0.6 is 37.2 Å². The number of nitrogens with one attached hydrogen (secondary N) is 1. The fourth-order valence-electron chi connectivity index (χ4n) is 3.48. The number of halogens is 3. The Balaban J connectivity index is 0. The lowest BCUT2D eigenvalue weighted by molar-refractivity contribution is -0.126. The highest BCUT2D eigenvalue weighted by atomic mass is 35.5. The zero-order chi connectivity index (χ0) is 15.5. The van der Waals surface area contributed by atoms with E-state index in [9.17, 15) is 4.79 Å². The van der Waals surface area contributed by atoms with Crippen LogP contribution in [0, 0.1) is 0 Å². The molecule has 0 unspecified atom stereocenters. The van der Waals surface area contributed by atoms with Crippen LogP contribution in [0.2, 0.25) is 0 Å². The predicted molar refractivity (Wildman–Crippen MR) is 108 cm³/mol. The number of amides is 1. The van der Waals surface area contributed by atoms with E-state index in [-0.39, 0.29) is 48.7 Å². The summed E-state index contributed by atoms with van der Waals surface area (Å²) in [6.45, 7) is 8.84. The second kappa shape index (κ2) is 11.0. The van der Waals surface area contributed by atoms with Gasteiger partial charge in [0.2, 0.25) is 5.91 Å². The smallest absolute Gasteiger partial charge is 0.239 e. The molecule has 0 aromatic heterocycles. The fourth-order valence-corrected chi connectivity index (χ4v) is 3.48. The van der Waals surface area contributed by atoms with Crippen molar-refractivity contribution < 1.29 is 4.79 Å². The van der Waals surface area contributed by atoms with Crippen molar-refractivity contribution in [2.45, 2.75) is 57.0 Å². The third-order valence-electron chi connectivity index (χ3n) is 5.11. The molecule has 146 valence electrons. The molecule has 8 heteroatoms. The van der Waals surface area contributed by atoms with Crippen LogP contribution in [0.15, 0.2) is 0 Å². The van der Waals surface area contributed by atoms with Gasteiger partial charge in [0.15, 0.2) is 0 Å². The van der Waals surface area contributed by atoms with E-state index >= 15 is 0 Å². The average molecular weight is 406 g/mol. The monoisotopic (exact) mass is 404 g/mol. The first kappa shape index (κ1) is 26.4. The standard InChI is InChI=1S/C16H32N4O.3ClH/c1-15(2,17)14(21)18-13-16(7-11-19(3)12-8-16)20-9-5-4-6-10-20;;;/h4-13,17H2,1-3H3,(H,18,21);3*1H. The molecule has 2 aliphatic heterocycles. The highest BCUT2D eigenvalue weighted by Crippen LogP contribution is 2.30. The van der Waals surface area contributed by atoms with Crippen molar-refractivity contribution in [3.63, 3.8) is 0 Å². The van der Waals surface area contributed by atoms with Crippen LogP contribution in [0.3, 0.4) is 0 Å². The molecular formula is C16H35Cl3N4O. The van der Waals surface area contributed by atoms with Crippen molar-refractivity contribution in [1.82, 2.24) is 15.1 Å². The summed E-state index contributed by atoms with van der Waals surface area (Å²) in [7, 11) is 2.18. The topological polar surface area (TPSA) is 61.6 Å². The van der Waals surface area contributed by atoms with Gasteiger partial charge in [0.25, 0.3) is 0 Å². The summed E-state index contributed by atoms with van der Waals surface area (Å²) < 4.78 is 0. The Hall–Kier alpha value is 0.220. The van der Waals surface area contributed by atoms with Crippen LogP contribution in [-0.4, -0.2) is 66.6 Å². The van der Waals surface area contributed by atoms with Gasteiger partial charge in [-0.1, -0.05) is 6.42 Å². The molecule has 2 aliphatic rings. The summed E-state index contributed by atoms with van der Waals surface area (Å²) in [6.07, 6.45) is 6.18. The van der Waals surface area contributed by atoms with Crippen LogP contribution in [0.4, 0.5) is 0 Å². The molecular weight excluding hydrogens is 371 g/mol. The Morgan fingerprint density at radius 3 is 2.00 bits per heavy atom. The Bertz CT molecular complexity index is 363. The molecule has 0 atom stereocenters. The summed E-state index contributed by atoms with van der Waals surface area (Å²) in [4.78, 5) is 17.1. The van der Waals surface area contributed by atoms with Gasteiger partial charge in [0, 0.05) is 12.1 Å². The maximum atomic E-state index is 12.1.